The molecule has 6 nitrogen and oxygen atoms in total. The largest absolute Gasteiger partial charge is 0.467 e. The van der Waals surface area contributed by atoms with Crippen molar-refractivity contribution < 1.29 is 13.7 Å². The highest BCUT2D eigenvalue weighted by molar-refractivity contribution is 5.80. The lowest BCUT2D eigenvalue weighted by molar-refractivity contribution is -0.136. The van der Waals surface area contributed by atoms with Crippen molar-refractivity contribution in [3.05, 3.63) is 60.1 Å². The maximum atomic E-state index is 13.5. The summed E-state index contributed by atoms with van der Waals surface area (Å²) >= 11 is 0. The van der Waals surface area contributed by atoms with Gasteiger partial charge in [0.2, 0.25) is 11.8 Å². The molecular formula is C25H31N3O3. The van der Waals surface area contributed by atoms with Crippen molar-refractivity contribution in [2.75, 3.05) is 11.9 Å². The Labute approximate surface area is 183 Å². The van der Waals surface area contributed by atoms with E-state index in [1.54, 1.807) is 6.26 Å². The van der Waals surface area contributed by atoms with Crippen LogP contribution in [0, 0.1) is 5.92 Å². The van der Waals surface area contributed by atoms with E-state index in [1.165, 1.54) is 0 Å². The second-order valence-corrected chi connectivity index (χ2v) is 8.64. The number of furan rings is 1. The number of nitrogens with zero attached hydrogens (tertiary/aromatic N) is 3. The van der Waals surface area contributed by atoms with Crippen LogP contribution < -0.4 is 4.90 Å². The third-order valence-corrected chi connectivity index (χ3v) is 6.20. The average molecular weight is 422 g/mol. The molecule has 0 atom stereocenters. The summed E-state index contributed by atoms with van der Waals surface area (Å²) in [5, 5.41) is 4.42. The molecule has 2 heterocycles. The van der Waals surface area contributed by atoms with E-state index >= 15 is 0 Å². The fourth-order valence-electron chi connectivity index (χ4n) is 4.20. The maximum Gasteiger partial charge on any atom is 0.232 e. The third-order valence-electron chi connectivity index (χ3n) is 6.20. The van der Waals surface area contributed by atoms with E-state index < -0.39 is 0 Å². The zero-order chi connectivity index (χ0) is 21.8. The Morgan fingerprint density at radius 3 is 2.48 bits per heavy atom. The van der Waals surface area contributed by atoms with Crippen molar-refractivity contribution in [2.45, 2.75) is 58.7 Å². The second kappa shape index (κ2) is 9.41. The number of carbonyl (C=O) groups is 1. The summed E-state index contributed by atoms with van der Waals surface area (Å²) in [7, 11) is 2.00. The van der Waals surface area contributed by atoms with Crippen molar-refractivity contribution in [1.29, 1.82) is 0 Å². The molecule has 4 rings (SSSR count). The van der Waals surface area contributed by atoms with Crippen LogP contribution in [0.25, 0.3) is 11.3 Å². The number of hydrogen-bond donors (Lipinski definition) is 0. The molecule has 0 N–H and O–H groups in total. The molecule has 2 aromatic heterocycles. The molecule has 31 heavy (non-hydrogen) atoms. The highest BCUT2D eigenvalue weighted by Crippen LogP contribution is 2.34. The fourth-order valence-corrected chi connectivity index (χ4v) is 4.20. The maximum absolute atomic E-state index is 13.5. The van der Waals surface area contributed by atoms with E-state index in [1.807, 2.05) is 54.4 Å². The predicted octanol–water partition coefficient (Wildman–Crippen LogP) is 5.50. The van der Waals surface area contributed by atoms with E-state index in [4.69, 9.17) is 8.94 Å². The van der Waals surface area contributed by atoms with Crippen molar-refractivity contribution in [3.63, 3.8) is 0 Å². The topological polar surface area (TPSA) is 62.7 Å². The lowest BCUT2D eigenvalue weighted by Crippen LogP contribution is -2.35. The quantitative estimate of drug-likeness (QED) is 0.481. The summed E-state index contributed by atoms with van der Waals surface area (Å²) in [6, 6.07) is 14.0. The summed E-state index contributed by atoms with van der Waals surface area (Å²) in [4.78, 5) is 17.5. The first-order chi connectivity index (χ1) is 15.0. The van der Waals surface area contributed by atoms with Gasteiger partial charge in [0.05, 0.1) is 24.9 Å². The minimum Gasteiger partial charge on any atom is -0.467 e. The van der Waals surface area contributed by atoms with Gasteiger partial charge in [0, 0.05) is 24.6 Å². The summed E-state index contributed by atoms with van der Waals surface area (Å²) in [6.45, 7) is 5.08. The number of anilines is 1. The molecule has 0 spiro atoms. The Bertz CT molecular complexity index is 973. The fraction of sp³-hybridized carbons (Fsp3) is 0.440. The number of benzene rings is 1. The van der Waals surface area contributed by atoms with Crippen LogP contribution in [0.3, 0.4) is 0 Å². The molecule has 1 saturated carbocycles. The first-order valence-electron chi connectivity index (χ1n) is 11.1. The molecule has 6 heteroatoms. The van der Waals surface area contributed by atoms with Crippen LogP contribution in [0.15, 0.2) is 57.7 Å². The van der Waals surface area contributed by atoms with Crippen LogP contribution in [0.4, 0.5) is 5.88 Å². The Balaban J connectivity index is 1.71. The van der Waals surface area contributed by atoms with Crippen molar-refractivity contribution >= 4 is 11.8 Å². The number of aromatic nitrogens is 1. The van der Waals surface area contributed by atoms with Crippen molar-refractivity contribution in [2.24, 2.45) is 5.92 Å². The molecule has 3 aromatic rings. The van der Waals surface area contributed by atoms with Gasteiger partial charge in [-0.3, -0.25) is 4.79 Å². The highest BCUT2D eigenvalue weighted by atomic mass is 16.5. The summed E-state index contributed by atoms with van der Waals surface area (Å²) in [5.74, 6) is 1.76. The summed E-state index contributed by atoms with van der Waals surface area (Å²) in [5.41, 5.74) is 2.70. The van der Waals surface area contributed by atoms with Crippen molar-refractivity contribution in [3.8, 4) is 11.3 Å². The number of hydrogen-bond acceptors (Lipinski definition) is 5. The molecule has 1 aromatic carbocycles. The normalized spacial score (nSPS) is 14.3. The monoisotopic (exact) mass is 421 g/mol. The van der Waals surface area contributed by atoms with E-state index in [2.05, 4.69) is 23.9 Å². The molecule has 0 aliphatic heterocycles. The molecule has 1 aliphatic rings. The van der Waals surface area contributed by atoms with Crippen LogP contribution in [0.5, 0.6) is 0 Å². The Morgan fingerprint density at radius 2 is 1.84 bits per heavy atom. The zero-order valence-corrected chi connectivity index (χ0v) is 18.6. The molecule has 164 valence electrons. The molecule has 1 fully saturated rings. The highest BCUT2D eigenvalue weighted by Gasteiger charge is 2.31. The minimum absolute atomic E-state index is 0.0845. The molecule has 0 unspecified atom stereocenters. The van der Waals surface area contributed by atoms with Crippen LogP contribution >= 0.6 is 0 Å². The first kappa shape index (κ1) is 21.2. The van der Waals surface area contributed by atoms with Crippen LogP contribution in [0.1, 0.15) is 50.9 Å². The van der Waals surface area contributed by atoms with E-state index in [0.29, 0.717) is 19.0 Å². The standard InChI is InChI=1S/C25H31N3O3/c1-18(2)27(3)25-22(23(26-31-25)19-10-5-4-6-11-19)17-28(16-21-14-9-15-30-21)24(29)20-12-7-8-13-20/h4-6,9-11,14-15,18,20H,7-8,12-13,16-17H2,1-3H3. The van der Waals surface area contributed by atoms with Gasteiger partial charge in [-0.2, -0.15) is 0 Å². The van der Waals surface area contributed by atoms with Gasteiger partial charge in [-0.15, -0.1) is 0 Å². The van der Waals surface area contributed by atoms with Crippen LogP contribution in [0.2, 0.25) is 0 Å². The second-order valence-electron chi connectivity index (χ2n) is 8.64. The molecular weight excluding hydrogens is 390 g/mol. The van der Waals surface area contributed by atoms with Gasteiger partial charge in [0.25, 0.3) is 0 Å². The van der Waals surface area contributed by atoms with Crippen LogP contribution in [-0.2, 0) is 17.9 Å². The number of carbonyl (C=O) groups excluding carboxylic acids is 1. The molecule has 0 radical (unpaired) electrons. The van der Waals surface area contributed by atoms with E-state index in [9.17, 15) is 4.79 Å². The molecule has 0 bridgehead atoms. The summed E-state index contributed by atoms with van der Waals surface area (Å²) in [6.07, 6.45) is 5.81. The number of rotatable bonds is 8. The SMILES string of the molecule is CC(C)N(C)c1onc(-c2ccccc2)c1CN(Cc1ccco1)C(=O)C1CCCC1. The van der Waals surface area contributed by atoms with Gasteiger partial charge in [-0.25, -0.2) is 0 Å². The lowest BCUT2D eigenvalue weighted by Gasteiger charge is -2.27. The van der Waals surface area contributed by atoms with E-state index in [-0.39, 0.29) is 17.9 Å². The average Bonchev–Trinajstić information content (AvgIpc) is 3.55. The molecule has 1 aliphatic carbocycles. The van der Waals surface area contributed by atoms with Gasteiger partial charge in [-0.1, -0.05) is 48.3 Å². The lowest BCUT2D eigenvalue weighted by atomic mass is 10.0. The predicted molar refractivity (Wildman–Crippen MR) is 120 cm³/mol. The Morgan fingerprint density at radius 1 is 1.10 bits per heavy atom. The summed E-state index contributed by atoms with van der Waals surface area (Å²) < 4.78 is 11.4. The smallest absolute Gasteiger partial charge is 0.232 e. The van der Waals surface area contributed by atoms with Crippen LogP contribution in [-0.4, -0.2) is 29.1 Å². The minimum atomic E-state index is 0.0845. The Hall–Kier alpha value is -3.02. The van der Waals surface area contributed by atoms with E-state index in [0.717, 1.165) is 48.3 Å². The molecule has 1 amide bonds. The van der Waals surface area contributed by atoms with Gasteiger partial charge >= 0.3 is 0 Å². The van der Waals surface area contributed by atoms with Gasteiger partial charge < -0.3 is 18.7 Å². The number of amides is 1. The van der Waals surface area contributed by atoms with Gasteiger partial charge in [0.1, 0.15) is 11.5 Å². The van der Waals surface area contributed by atoms with Crippen molar-refractivity contribution in [1.82, 2.24) is 10.1 Å². The Kier molecular flexibility index (Phi) is 6.44. The van der Waals surface area contributed by atoms with Gasteiger partial charge in [0.15, 0.2) is 0 Å². The first-order valence-corrected chi connectivity index (χ1v) is 11.1. The zero-order valence-electron chi connectivity index (χ0n) is 18.6. The third kappa shape index (κ3) is 4.68. The van der Waals surface area contributed by atoms with Gasteiger partial charge in [-0.05, 0) is 38.8 Å². The molecule has 0 saturated heterocycles.